The quantitative estimate of drug-likeness (QED) is 0.715. The topological polar surface area (TPSA) is 70.1 Å². The highest BCUT2D eigenvalue weighted by molar-refractivity contribution is 5.76. The molecule has 0 heterocycles. The van der Waals surface area contributed by atoms with Gasteiger partial charge in [-0.1, -0.05) is 6.92 Å². The van der Waals surface area contributed by atoms with E-state index in [0.717, 1.165) is 6.42 Å². The van der Waals surface area contributed by atoms with Crippen molar-refractivity contribution < 1.29 is 4.79 Å². The van der Waals surface area contributed by atoms with E-state index in [4.69, 9.17) is 11.0 Å². The Hall–Kier alpha value is -1.08. The van der Waals surface area contributed by atoms with Gasteiger partial charge in [0.05, 0.1) is 12.5 Å². The van der Waals surface area contributed by atoms with Crippen LogP contribution in [0.15, 0.2) is 0 Å². The van der Waals surface area contributed by atoms with Crippen molar-refractivity contribution in [2.75, 3.05) is 13.6 Å². The van der Waals surface area contributed by atoms with Crippen molar-refractivity contribution in [2.24, 2.45) is 11.7 Å². The summed E-state index contributed by atoms with van der Waals surface area (Å²) in [5, 5.41) is 8.52. The molecule has 2 atom stereocenters. The van der Waals surface area contributed by atoms with Gasteiger partial charge in [-0.3, -0.25) is 4.79 Å². The molecule has 2 N–H and O–H groups in total. The summed E-state index contributed by atoms with van der Waals surface area (Å²) in [7, 11) is 1.75. The largest absolute Gasteiger partial charge is 0.342 e. The number of rotatable bonds is 6. The van der Waals surface area contributed by atoms with Crippen molar-refractivity contribution >= 4 is 5.91 Å². The van der Waals surface area contributed by atoms with E-state index in [1.807, 2.05) is 13.8 Å². The first-order valence-electron chi connectivity index (χ1n) is 5.35. The Morgan fingerprint density at radius 1 is 1.53 bits per heavy atom. The second-order valence-electron chi connectivity index (χ2n) is 4.10. The summed E-state index contributed by atoms with van der Waals surface area (Å²) in [5.41, 5.74) is 5.47. The van der Waals surface area contributed by atoms with Crippen LogP contribution < -0.4 is 5.73 Å². The predicted octanol–water partition coefficient (Wildman–Crippen LogP) is 1.12. The van der Waals surface area contributed by atoms with Gasteiger partial charge in [-0.2, -0.15) is 5.26 Å². The Bertz CT molecular complexity index is 234. The molecule has 2 unspecified atom stereocenters. The van der Waals surface area contributed by atoms with Crippen molar-refractivity contribution in [2.45, 2.75) is 39.2 Å². The van der Waals surface area contributed by atoms with Crippen molar-refractivity contribution in [1.82, 2.24) is 4.90 Å². The molecule has 4 heteroatoms. The van der Waals surface area contributed by atoms with E-state index in [-0.39, 0.29) is 11.9 Å². The first kappa shape index (κ1) is 13.9. The monoisotopic (exact) mass is 211 g/mol. The minimum atomic E-state index is -0.00400. The van der Waals surface area contributed by atoms with Gasteiger partial charge in [0.2, 0.25) is 5.91 Å². The Balaban J connectivity index is 3.94. The molecule has 0 aliphatic heterocycles. The third-order valence-corrected chi connectivity index (χ3v) is 2.69. The number of amides is 1. The Kier molecular flexibility index (Phi) is 6.72. The number of nitriles is 1. The molecule has 0 spiro atoms. The van der Waals surface area contributed by atoms with Crippen molar-refractivity contribution in [1.29, 1.82) is 5.26 Å². The summed E-state index contributed by atoms with van der Waals surface area (Å²) in [6.45, 7) is 4.53. The van der Waals surface area contributed by atoms with Gasteiger partial charge in [0, 0.05) is 19.5 Å². The Morgan fingerprint density at radius 2 is 2.13 bits per heavy atom. The van der Waals surface area contributed by atoms with Crippen LogP contribution in [0.1, 0.15) is 33.1 Å². The van der Waals surface area contributed by atoms with Crippen LogP contribution >= 0.6 is 0 Å². The van der Waals surface area contributed by atoms with Crippen LogP contribution in [0.2, 0.25) is 0 Å². The molecule has 4 nitrogen and oxygen atoms in total. The van der Waals surface area contributed by atoms with Crippen LogP contribution in [-0.2, 0) is 4.79 Å². The van der Waals surface area contributed by atoms with Gasteiger partial charge < -0.3 is 10.6 Å². The number of hydrogen-bond donors (Lipinski definition) is 1. The SMILES string of the molecule is CC(CN)CCC(=O)N(C)C(C)CC#N. The third kappa shape index (κ3) is 5.38. The molecular weight excluding hydrogens is 190 g/mol. The van der Waals surface area contributed by atoms with E-state index in [2.05, 4.69) is 6.07 Å². The Labute approximate surface area is 92.0 Å². The second kappa shape index (κ2) is 7.24. The van der Waals surface area contributed by atoms with Crippen molar-refractivity contribution in [3.05, 3.63) is 0 Å². The van der Waals surface area contributed by atoms with Gasteiger partial charge in [-0.05, 0) is 25.8 Å². The molecule has 15 heavy (non-hydrogen) atoms. The fourth-order valence-corrected chi connectivity index (χ4v) is 1.18. The summed E-state index contributed by atoms with van der Waals surface area (Å²) in [5.74, 6) is 0.478. The third-order valence-electron chi connectivity index (χ3n) is 2.69. The van der Waals surface area contributed by atoms with Crippen LogP contribution in [0.4, 0.5) is 0 Å². The minimum Gasteiger partial charge on any atom is -0.342 e. The summed E-state index contributed by atoms with van der Waals surface area (Å²) in [6, 6.07) is 2.06. The van der Waals surface area contributed by atoms with Gasteiger partial charge in [0.25, 0.3) is 0 Å². The van der Waals surface area contributed by atoms with Gasteiger partial charge in [-0.25, -0.2) is 0 Å². The molecule has 1 amide bonds. The maximum Gasteiger partial charge on any atom is 0.222 e. The summed E-state index contributed by atoms with van der Waals surface area (Å²) >= 11 is 0. The van der Waals surface area contributed by atoms with E-state index in [9.17, 15) is 4.79 Å². The van der Waals surface area contributed by atoms with E-state index in [1.54, 1.807) is 11.9 Å². The van der Waals surface area contributed by atoms with Crippen LogP contribution in [0.5, 0.6) is 0 Å². The molecule has 0 aromatic heterocycles. The van der Waals surface area contributed by atoms with E-state index >= 15 is 0 Å². The van der Waals surface area contributed by atoms with Gasteiger partial charge in [0.15, 0.2) is 0 Å². The number of carbonyl (C=O) groups excluding carboxylic acids is 1. The molecule has 86 valence electrons. The summed E-state index contributed by atoms with van der Waals surface area (Å²) in [4.78, 5) is 13.3. The number of nitrogens with two attached hydrogens (primary N) is 1. The molecule has 0 aliphatic carbocycles. The second-order valence-corrected chi connectivity index (χ2v) is 4.10. The lowest BCUT2D eigenvalue weighted by Gasteiger charge is -2.23. The molecule has 0 saturated carbocycles. The zero-order chi connectivity index (χ0) is 11.8. The number of nitrogens with zero attached hydrogens (tertiary/aromatic N) is 2. The summed E-state index contributed by atoms with van der Waals surface area (Å²) < 4.78 is 0. The highest BCUT2D eigenvalue weighted by Gasteiger charge is 2.15. The molecule has 0 aromatic rings. The number of hydrogen-bond acceptors (Lipinski definition) is 3. The minimum absolute atomic E-state index is 0.00400. The lowest BCUT2D eigenvalue weighted by atomic mass is 10.1. The molecule has 0 fully saturated rings. The lowest BCUT2D eigenvalue weighted by Crippen LogP contribution is -2.35. The molecular formula is C11H21N3O. The van der Waals surface area contributed by atoms with Crippen LogP contribution in [0.25, 0.3) is 0 Å². The molecule has 0 aromatic carbocycles. The highest BCUT2D eigenvalue weighted by Crippen LogP contribution is 2.08. The average molecular weight is 211 g/mol. The molecule has 0 rings (SSSR count). The van der Waals surface area contributed by atoms with Crippen molar-refractivity contribution in [3.63, 3.8) is 0 Å². The summed E-state index contributed by atoms with van der Waals surface area (Å²) in [6.07, 6.45) is 1.72. The maximum atomic E-state index is 11.7. The first-order chi connectivity index (χ1) is 7.02. The van der Waals surface area contributed by atoms with E-state index in [1.165, 1.54) is 0 Å². The first-order valence-corrected chi connectivity index (χ1v) is 5.35. The van der Waals surface area contributed by atoms with E-state index in [0.29, 0.717) is 25.3 Å². The average Bonchev–Trinajstić information content (AvgIpc) is 2.24. The fraction of sp³-hybridized carbons (Fsp3) is 0.818. The number of carbonyl (C=O) groups is 1. The highest BCUT2D eigenvalue weighted by atomic mass is 16.2. The zero-order valence-corrected chi connectivity index (χ0v) is 9.86. The molecule has 0 bridgehead atoms. The zero-order valence-electron chi connectivity index (χ0n) is 9.86. The standard InChI is InChI=1S/C11H21N3O/c1-9(8-13)4-5-11(15)14(3)10(2)6-7-12/h9-10H,4-6,8,13H2,1-3H3. The fourth-order valence-electron chi connectivity index (χ4n) is 1.18. The molecule has 0 radical (unpaired) electrons. The predicted molar refractivity (Wildman–Crippen MR) is 59.9 cm³/mol. The maximum absolute atomic E-state index is 11.7. The van der Waals surface area contributed by atoms with E-state index < -0.39 is 0 Å². The van der Waals surface area contributed by atoms with Gasteiger partial charge >= 0.3 is 0 Å². The molecule has 0 aliphatic rings. The van der Waals surface area contributed by atoms with Crippen LogP contribution in [0.3, 0.4) is 0 Å². The van der Waals surface area contributed by atoms with Gasteiger partial charge in [-0.15, -0.1) is 0 Å². The smallest absolute Gasteiger partial charge is 0.222 e. The molecule has 0 saturated heterocycles. The van der Waals surface area contributed by atoms with Crippen LogP contribution in [-0.4, -0.2) is 30.4 Å². The van der Waals surface area contributed by atoms with Crippen LogP contribution in [0, 0.1) is 17.2 Å². The normalized spacial score (nSPS) is 14.1. The van der Waals surface area contributed by atoms with Gasteiger partial charge in [0.1, 0.15) is 0 Å². The van der Waals surface area contributed by atoms with Crippen molar-refractivity contribution in [3.8, 4) is 6.07 Å². The Morgan fingerprint density at radius 3 is 2.60 bits per heavy atom. The lowest BCUT2D eigenvalue weighted by molar-refractivity contribution is -0.131.